The molecule has 3 rings (SSSR count). The van der Waals surface area contributed by atoms with Gasteiger partial charge in [-0.3, -0.25) is 24.4 Å². The van der Waals surface area contributed by atoms with Crippen LogP contribution in [0.3, 0.4) is 0 Å². The molecule has 33 heavy (non-hydrogen) atoms. The molecule has 2 aromatic carbocycles. The number of aliphatic carboxylic acids is 1. The summed E-state index contributed by atoms with van der Waals surface area (Å²) in [5.74, 6) is -0.905. The van der Waals surface area contributed by atoms with Crippen LogP contribution in [-0.4, -0.2) is 41.7 Å². The fourth-order valence-electron chi connectivity index (χ4n) is 3.38. The maximum Gasteiger partial charge on any atom is 0.303 e. The van der Waals surface area contributed by atoms with E-state index in [1.807, 2.05) is 31.2 Å². The number of nitrogens with zero attached hydrogens (tertiary/aromatic N) is 2. The van der Waals surface area contributed by atoms with E-state index in [-0.39, 0.29) is 12.0 Å². The van der Waals surface area contributed by atoms with E-state index >= 15 is 0 Å². The second-order valence-electron chi connectivity index (χ2n) is 7.55. The van der Waals surface area contributed by atoms with Gasteiger partial charge in [0.05, 0.1) is 23.2 Å². The zero-order valence-corrected chi connectivity index (χ0v) is 19.2. The molecule has 174 valence electrons. The van der Waals surface area contributed by atoms with Crippen molar-refractivity contribution in [1.82, 2.24) is 9.78 Å². The number of benzene rings is 2. The smallest absolute Gasteiger partial charge is 0.303 e. The molecule has 0 saturated carbocycles. The van der Waals surface area contributed by atoms with Gasteiger partial charge in [-0.1, -0.05) is 25.1 Å². The molecule has 0 aliphatic carbocycles. The number of hydrogen-bond acceptors (Lipinski definition) is 5. The summed E-state index contributed by atoms with van der Waals surface area (Å²) in [5.41, 5.74) is 3.29. The van der Waals surface area contributed by atoms with Crippen molar-refractivity contribution in [3.63, 3.8) is 0 Å². The van der Waals surface area contributed by atoms with Crippen LogP contribution in [0.25, 0.3) is 5.69 Å². The van der Waals surface area contributed by atoms with Gasteiger partial charge in [0.25, 0.3) is 5.56 Å². The first kappa shape index (κ1) is 24.0. The maximum absolute atomic E-state index is 13.2. The number of carboxylic acids is 1. The Morgan fingerprint density at radius 3 is 2.52 bits per heavy atom. The first-order valence-electron chi connectivity index (χ1n) is 10.4. The van der Waals surface area contributed by atoms with Crippen LogP contribution in [-0.2, 0) is 27.7 Å². The number of anilines is 1. The van der Waals surface area contributed by atoms with Crippen molar-refractivity contribution in [2.24, 2.45) is 4.99 Å². The van der Waals surface area contributed by atoms with Gasteiger partial charge in [0.1, 0.15) is 0 Å². The quantitative estimate of drug-likeness (QED) is 0.391. The van der Waals surface area contributed by atoms with Crippen molar-refractivity contribution >= 4 is 33.6 Å². The standard InChI is InChI=1S/C23H26N4O5S/c1-3-16-7-4-5-8-20(16)24-15-19-21(9-6-10-22(28)29)25-27(23(19)30)18-13-11-17(12-14-18)26-33(2,31)32/h4-5,7-8,11-15,25-26H,3,6,9-10H2,1-2H3,(H,28,29). The normalized spacial score (nSPS) is 11.7. The van der Waals surface area contributed by atoms with Crippen molar-refractivity contribution in [3.05, 3.63) is 75.7 Å². The topological polar surface area (TPSA) is 134 Å². The third-order valence-electron chi connectivity index (χ3n) is 4.96. The number of aryl methyl sites for hydroxylation is 2. The lowest BCUT2D eigenvalue weighted by Gasteiger charge is -2.06. The lowest BCUT2D eigenvalue weighted by atomic mass is 10.1. The first-order valence-corrected chi connectivity index (χ1v) is 12.3. The number of aromatic amines is 1. The molecule has 0 fully saturated rings. The van der Waals surface area contributed by atoms with E-state index in [2.05, 4.69) is 14.8 Å². The molecule has 3 aromatic rings. The first-order chi connectivity index (χ1) is 15.7. The van der Waals surface area contributed by atoms with E-state index in [9.17, 15) is 18.0 Å². The summed E-state index contributed by atoms with van der Waals surface area (Å²) in [7, 11) is -3.41. The van der Waals surface area contributed by atoms with Crippen molar-refractivity contribution in [3.8, 4) is 5.69 Å². The highest BCUT2D eigenvalue weighted by atomic mass is 32.2. The zero-order chi connectivity index (χ0) is 24.0. The van der Waals surface area contributed by atoms with Crippen LogP contribution in [0.2, 0.25) is 0 Å². The number of H-pyrrole nitrogens is 1. The van der Waals surface area contributed by atoms with Gasteiger partial charge < -0.3 is 5.11 Å². The molecule has 10 heteroatoms. The number of sulfonamides is 1. The Hall–Kier alpha value is -3.66. The number of nitrogens with one attached hydrogen (secondary N) is 2. The largest absolute Gasteiger partial charge is 0.481 e. The number of carboxylic acid groups (broad SMARTS) is 1. The van der Waals surface area contributed by atoms with Crippen molar-refractivity contribution in [1.29, 1.82) is 0 Å². The lowest BCUT2D eigenvalue weighted by molar-refractivity contribution is -0.137. The molecule has 0 unspecified atom stereocenters. The molecule has 0 saturated heterocycles. The average molecular weight is 471 g/mol. The molecular formula is C23H26N4O5S. The van der Waals surface area contributed by atoms with E-state index in [0.29, 0.717) is 35.5 Å². The molecule has 1 heterocycles. The van der Waals surface area contributed by atoms with E-state index in [4.69, 9.17) is 5.11 Å². The van der Waals surface area contributed by atoms with Crippen molar-refractivity contribution < 1.29 is 18.3 Å². The maximum atomic E-state index is 13.2. The minimum atomic E-state index is -3.41. The highest BCUT2D eigenvalue weighted by Crippen LogP contribution is 2.20. The van der Waals surface area contributed by atoms with Gasteiger partial charge in [-0.25, -0.2) is 13.1 Å². The number of aromatic nitrogens is 2. The van der Waals surface area contributed by atoms with Crippen LogP contribution in [0.5, 0.6) is 0 Å². The Kier molecular flexibility index (Phi) is 7.49. The molecule has 3 N–H and O–H groups in total. The van der Waals surface area contributed by atoms with Crippen LogP contribution in [0.15, 0.2) is 58.3 Å². The summed E-state index contributed by atoms with van der Waals surface area (Å²) < 4.78 is 26.5. The van der Waals surface area contributed by atoms with Crippen LogP contribution in [0, 0.1) is 0 Å². The van der Waals surface area contributed by atoms with Gasteiger partial charge >= 0.3 is 5.97 Å². The van der Waals surface area contributed by atoms with E-state index in [1.54, 1.807) is 24.3 Å². The van der Waals surface area contributed by atoms with Crippen LogP contribution < -0.4 is 10.3 Å². The highest BCUT2D eigenvalue weighted by Gasteiger charge is 2.15. The fourth-order valence-corrected chi connectivity index (χ4v) is 3.94. The Bertz CT molecular complexity index is 1320. The third kappa shape index (κ3) is 6.42. The van der Waals surface area contributed by atoms with Crippen molar-refractivity contribution in [2.75, 3.05) is 11.0 Å². The molecule has 9 nitrogen and oxygen atoms in total. The molecule has 0 bridgehead atoms. The molecular weight excluding hydrogens is 444 g/mol. The van der Waals surface area contributed by atoms with Gasteiger partial charge in [0.15, 0.2) is 0 Å². The van der Waals surface area contributed by atoms with Crippen molar-refractivity contribution in [2.45, 2.75) is 32.6 Å². The average Bonchev–Trinajstić information content (AvgIpc) is 3.07. The van der Waals surface area contributed by atoms with Crippen LogP contribution in [0.1, 0.15) is 36.6 Å². The van der Waals surface area contributed by atoms with E-state index in [0.717, 1.165) is 23.9 Å². The Morgan fingerprint density at radius 2 is 1.88 bits per heavy atom. The molecule has 0 aliphatic heterocycles. The van der Waals surface area contributed by atoms with Gasteiger partial charge in [-0.15, -0.1) is 0 Å². The monoisotopic (exact) mass is 470 g/mol. The summed E-state index contributed by atoms with van der Waals surface area (Å²) in [5, 5.41) is 12.0. The summed E-state index contributed by atoms with van der Waals surface area (Å²) in [6.07, 6.45) is 4.07. The van der Waals surface area contributed by atoms with Gasteiger partial charge in [-0.2, -0.15) is 0 Å². The van der Waals surface area contributed by atoms with Crippen LogP contribution >= 0.6 is 0 Å². The van der Waals surface area contributed by atoms with Gasteiger partial charge in [-0.05, 0) is 55.2 Å². The second-order valence-corrected chi connectivity index (χ2v) is 9.30. The predicted octanol–water partition coefficient (Wildman–Crippen LogP) is 3.26. The molecule has 0 aliphatic rings. The molecule has 1 aromatic heterocycles. The van der Waals surface area contributed by atoms with Gasteiger partial charge in [0.2, 0.25) is 10.0 Å². The summed E-state index contributed by atoms with van der Waals surface area (Å²) in [6, 6.07) is 14.0. The Labute approximate surface area is 191 Å². The summed E-state index contributed by atoms with van der Waals surface area (Å²) in [4.78, 5) is 28.6. The Morgan fingerprint density at radius 1 is 1.18 bits per heavy atom. The molecule has 0 amide bonds. The summed E-state index contributed by atoms with van der Waals surface area (Å²) >= 11 is 0. The number of carbonyl (C=O) groups is 1. The minimum absolute atomic E-state index is 0.0195. The van der Waals surface area contributed by atoms with Gasteiger partial charge in [0, 0.05) is 24.0 Å². The number of hydrogen-bond donors (Lipinski definition) is 3. The van der Waals surface area contributed by atoms with E-state index in [1.165, 1.54) is 10.9 Å². The Balaban J connectivity index is 1.98. The van der Waals surface area contributed by atoms with E-state index < -0.39 is 16.0 Å². The second kappa shape index (κ2) is 10.3. The fraction of sp³-hybridized carbons (Fsp3) is 0.261. The SMILES string of the molecule is CCc1ccccc1N=Cc1c(CCCC(=O)O)[nH]n(-c2ccc(NS(C)(=O)=O)cc2)c1=O. The molecule has 0 spiro atoms. The molecule has 0 atom stereocenters. The zero-order valence-electron chi connectivity index (χ0n) is 18.4. The number of para-hydroxylation sites is 1. The third-order valence-corrected chi connectivity index (χ3v) is 5.56. The minimum Gasteiger partial charge on any atom is -0.481 e. The number of aliphatic imine (C=N–C) groups is 1. The van der Waals surface area contributed by atoms with Crippen LogP contribution in [0.4, 0.5) is 11.4 Å². The summed E-state index contributed by atoms with van der Waals surface area (Å²) in [6.45, 7) is 2.03. The lowest BCUT2D eigenvalue weighted by Crippen LogP contribution is -2.17. The predicted molar refractivity (Wildman–Crippen MR) is 129 cm³/mol. The molecule has 0 radical (unpaired) electrons. The number of rotatable bonds is 10. The highest BCUT2D eigenvalue weighted by molar-refractivity contribution is 7.92.